The first-order valence-electron chi connectivity index (χ1n) is 17.6. The Labute approximate surface area is 372 Å². The lowest BCUT2D eigenvalue weighted by molar-refractivity contribution is 0.287. The van der Waals surface area contributed by atoms with Gasteiger partial charge >= 0.3 is 0 Å². The summed E-state index contributed by atoms with van der Waals surface area (Å²) < 4.78 is 26.4. The van der Waals surface area contributed by atoms with Crippen molar-refractivity contribution in [1.29, 1.82) is 0 Å². The smallest absolute Gasteiger partial charge is 0.224 e. The topological polar surface area (TPSA) is 170 Å². The van der Waals surface area contributed by atoms with Gasteiger partial charge in [0.25, 0.3) is 0 Å². The lowest BCUT2D eigenvalue weighted by atomic mass is 10.1. The molecule has 0 aliphatic carbocycles. The van der Waals surface area contributed by atoms with Crippen LogP contribution in [0, 0.1) is 13.8 Å². The van der Waals surface area contributed by atoms with Crippen LogP contribution in [0.4, 0.5) is 17.2 Å². The highest BCUT2D eigenvalue weighted by atomic mass is 79.9. The Kier molecular flexibility index (Phi) is 19.4. The second kappa shape index (κ2) is 22.9. The van der Waals surface area contributed by atoms with Crippen molar-refractivity contribution in [3.8, 4) is 22.5 Å². The van der Waals surface area contributed by atoms with Gasteiger partial charge < -0.3 is 25.3 Å². The maximum absolute atomic E-state index is 12.9. The summed E-state index contributed by atoms with van der Waals surface area (Å²) in [5.74, 6) is 0.515. The van der Waals surface area contributed by atoms with E-state index in [-0.39, 0.29) is 10.6 Å². The highest BCUT2D eigenvalue weighted by molar-refractivity contribution is 9.11. The predicted octanol–water partition coefficient (Wildman–Crippen LogP) is 11.5. The predicted molar refractivity (Wildman–Crippen MR) is 251 cm³/mol. The lowest BCUT2D eigenvalue weighted by Gasteiger charge is -2.17. The van der Waals surface area contributed by atoms with Gasteiger partial charge in [-0.1, -0.05) is 49.2 Å². The number of aliphatic hydroxyl groups excluding tert-OH is 1. The van der Waals surface area contributed by atoms with Crippen LogP contribution in [0.5, 0.6) is 0 Å². The zero-order valence-electron chi connectivity index (χ0n) is 33.0. The number of benzene rings is 2. The summed E-state index contributed by atoms with van der Waals surface area (Å²) in [6.45, 7) is 13.3. The van der Waals surface area contributed by atoms with Crippen LogP contribution in [0.1, 0.15) is 30.9 Å². The molecule has 0 fully saturated rings. The molecule has 308 valence electrons. The van der Waals surface area contributed by atoms with Crippen LogP contribution in [0.2, 0.25) is 15.7 Å². The minimum absolute atomic E-state index is 0.133. The Balaban J connectivity index is 0.000000241. The third-order valence-corrected chi connectivity index (χ3v) is 12.9. The number of nitrogens with two attached hydrogens (primary N) is 1. The number of anilines is 3. The van der Waals surface area contributed by atoms with Crippen LogP contribution in [0.25, 0.3) is 22.5 Å². The van der Waals surface area contributed by atoms with Gasteiger partial charge in [0.05, 0.1) is 26.0 Å². The van der Waals surface area contributed by atoms with Gasteiger partial charge in [-0.05, 0) is 150 Å². The van der Waals surface area contributed by atoms with Crippen LogP contribution in [0.15, 0.2) is 94.4 Å². The molecule has 4 N–H and O–H groups in total. The number of hydrogen-bond acceptors (Lipinski definition) is 11. The van der Waals surface area contributed by atoms with E-state index < -0.39 is 14.3 Å². The number of hydrogen-bond donors (Lipinski definition) is 3. The van der Waals surface area contributed by atoms with E-state index in [4.69, 9.17) is 45.6 Å². The van der Waals surface area contributed by atoms with Gasteiger partial charge in [0.15, 0.2) is 0 Å². The first-order valence-corrected chi connectivity index (χ1v) is 25.6. The van der Waals surface area contributed by atoms with Crippen molar-refractivity contribution in [3.05, 3.63) is 121 Å². The van der Waals surface area contributed by atoms with E-state index in [1.165, 1.54) is 6.20 Å². The van der Waals surface area contributed by atoms with E-state index in [2.05, 4.69) is 74.0 Å². The fourth-order valence-corrected chi connectivity index (χ4v) is 7.96. The number of nitrogens with one attached hydrogen (secondary N) is 1. The van der Waals surface area contributed by atoms with Gasteiger partial charge in [-0.25, -0.2) is 15.0 Å². The molecule has 4 heterocycles. The SMILES string of the molecule is CCCCO.Cc1ccc(-c2ccc(N)c(P(C)(C)=O)c2)nc1.Cc1ccc(-c2ccc(Nc3nc(Cl)ncc3Br)c(P(C)(C)=O)c2)nc1.Clc1ncc(Br)c(Cl)n1. The summed E-state index contributed by atoms with van der Waals surface area (Å²) in [7, 11) is -4.92. The van der Waals surface area contributed by atoms with Crippen LogP contribution in [0.3, 0.4) is 0 Å². The van der Waals surface area contributed by atoms with Crippen LogP contribution in [-0.4, -0.2) is 68.3 Å². The minimum atomic E-state index is -2.56. The molecule has 0 radical (unpaired) electrons. The van der Waals surface area contributed by atoms with Crippen molar-refractivity contribution in [2.45, 2.75) is 33.6 Å². The summed E-state index contributed by atoms with van der Waals surface area (Å²) in [4.78, 5) is 24.2. The van der Waals surface area contributed by atoms with Crippen LogP contribution in [-0.2, 0) is 9.13 Å². The fraction of sp³-hybridized carbons (Fsp3) is 0.250. The third-order valence-electron chi connectivity index (χ3n) is 7.75. The molecule has 0 saturated heterocycles. The Morgan fingerprint density at radius 2 is 1.19 bits per heavy atom. The fourth-order valence-electron chi connectivity index (χ4n) is 4.73. The number of halogens is 5. The van der Waals surface area contributed by atoms with Gasteiger partial charge in [0.1, 0.15) is 25.3 Å². The average molecular weight is 1010 g/mol. The zero-order valence-corrected chi connectivity index (χ0v) is 40.2. The maximum atomic E-state index is 12.9. The molecule has 2 aromatic carbocycles. The quantitative estimate of drug-likeness (QED) is 0.0574. The van der Waals surface area contributed by atoms with E-state index in [1.54, 1.807) is 38.9 Å². The average Bonchev–Trinajstić information content (AvgIpc) is 3.16. The standard InChI is InChI=1S/C18H17BrClN4OP.C14H17N2OP.C4HBrCl2N2.C4H10O/c1-11-4-6-14(21-9-11)12-5-7-15(16(8-12)26(2,3)25)23-17-13(19)10-22-18(20)24-17;1-10-4-7-13(16-9-10)11-5-6-12(15)14(8-11)18(2,3)17;5-2-1-8-4(7)9-3(2)6;1-2-3-4-5/h4-10H,1-3H3,(H,22,23,24);4-9H,15H2,1-3H3;1H;5H,2-4H2,1H3. The molecule has 0 aliphatic heterocycles. The molecule has 0 aliphatic rings. The van der Waals surface area contributed by atoms with E-state index in [0.29, 0.717) is 37.9 Å². The van der Waals surface area contributed by atoms with Crippen molar-refractivity contribution in [2.75, 3.05) is 44.3 Å². The highest BCUT2D eigenvalue weighted by Crippen LogP contribution is 2.41. The molecule has 0 atom stereocenters. The monoisotopic (exact) mass is 1010 g/mol. The van der Waals surface area contributed by atoms with Crippen molar-refractivity contribution in [3.63, 3.8) is 0 Å². The van der Waals surface area contributed by atoms with Gasteiger partial charge in [0.2, 0.25) is 10.6 Å². The van der Waals surface area contributed by atoms with Gasteiger partial charge in [0, 0.05) is 58.8 Å². The molecular weight excluding hydrogens is 969 g/mol. The minimum Gasteiger partial charge on any atom is -0.398 e. The number of nitrogen functional groups attached to an aromatic ring is 1. The van der Waals surface area contributed by atoms with Crippen LogP contribution >= 0.6 is 80.9 Å². The Bertz CT molecular complexity index is 2380. The molecule has 0 saturated carbocycles. The number of rotatable bonds is 8. The Hall–Kier alpha value is -3.25. The second-order valence-electron chi connectivity index (χ2n) is 13.5. The summed E-state index contributed by atoms with van der Waals surface area (Å²) in [5.41, 5.74) is 13.0. The second-order valence-corrected chi connectivity index (χ2v) is 22.6. The van der Waals surface area contributed by atoms with Crippen molar-refractivity contribution in [1.82, 2.24) is 29.9 Å². The van der Waals surface area contributed by atoms with E-state index in [9.17, 15) is 9.13 Å². The van der Waals surface area contributed by atoms with Gasteiger partial charge in [-0.2, -0.15) is 4.98 Å². The number of nitrogens with zero attached hydrogens (tertiary/aromatic N) is 6. The molecule has 11 nitrogen and oxygen atoms in total. The Morgan fingerprint density at radius 1 is 0.690 bits per heavy atom. The van der Waals surface area contributed by atoms with Gasteiger partial charge in [-0.15, -0.1) is 0 Å². The summed E-state index contributed by atoms with van der Waals surface area (Å²) in [6.07, 6.45) is 8.75. The molecule has 58 heavy (non-hydrogen) atoms. The molecule has 6 aromatic rings. The largest absolute Gasteiger partial charge is 0.398 e. The van der Waals surface area contributed by atoms with Crippen molar-refractivity contribution >= 4 is 109 Å². The van der Waals surface area contributed by atoms with E-state index in [0.717, 1.165) is 57.1 Å². The molecule has 0 amide bonds. The third kappa shape index (κ3) is 15.7. The number of unbranched alkanes of at least 4 members (excludes halogenated alkanes) is 1. The molecule has 0 spiro atoms. The Morgan fingerprint density at radius 3 is 1.62 bits per heavy atom. The normalized spacial score (nSPS) is 10.9. The number of aryl methyl sites for hydroxylation is 2. The lowest BCUT2D eigenvalue weighted by Crippen LogP contribution is -2.11. The summed E-state index contributed by atoms with van der Waals surface area (Å²) in [6, 6.07) is 19.3. The molecular formula is C40H45Br2Cl3N8O3P2. The van der Waals surface area contributed by atoms with E-state index in [1.807, 2.05) is 80.8 Å². The zero-order chi connectivity index (χ0) is 43.2. The number of pyridine rings is 2. The van der Waals surface area contributed by atoms with Crippen LogP contribution < -0.4 is 21.7 Å². The van der Waals surface area contributed by atoms with E-state index >= 15 is 0 Å². The molecule has 0 unspecified atom stereocenters. The molecule has 6 rings (SSSR count). The van der Waals surface area contributed by atoms with Gasteiger partial charge in [-0.3, -0.25) is 9.97 Å². The van der Waals surface area contributed by atoms with Crippen molar-refractivity contribution in [2.24, 2.45) is 0 Å². The molecule has 18 heteroatoms. The number of aromatic nitrogens is 6. The first-order chi connectivity index (χ1) is 27.2. The number of aliphatic hydroxyl groups is 1. The first kappa shape index (κ1) is 49.1. The highest BCUT2D eigenvalue weighted by Gasteiger charge is 2.19. The maximum Gasteiger partial charge on any atom is 0.224 e. The molecule has 4 aromatic heterocycles. The summed E-state index contributed by atoms with van der Waals surface area (Å²) in [5, 5.41) is 13.3. The van der Waals surface area contributed by atoms with Crippen molar-refractivity contribution < 1.29 is 14.2 Å². The molecule has 0 bridgehead atoms. The summed E-state index contributed by atoms with van der Waals surface area (Å²) >= 11 is 23.3.